The maximum atomic E-state index is 13.3. The summed E-state index contributed by atoms with van der Waals surface area (Å²) in [6, 6.07) is 0. The van der Waals surface area contributed by atoms with E-state index in [1.165, 1.54) is 11.1 Å². The molecule has 70 valence electrons. The smallest absolute Gasteiger partial charge is 0.0997 e. The summed E-state index contributed by atoms with van der Waals surface area (Å²) in [4.78, 5) is 0. The van der Waals surface area contributed by atoms with Crippen molar-refractivity contribution in [3.05, 3.63) is 35.2 Å². The second-order valence-electron chi connectivity index (χ2n) is 4.11. The zero-order valence-electron chi connectivity index (χ0n) is 8.18. The van der Waals surface area contributed by atoms with E-state index in [9.17, 15) is 4.39 Å². The highest BCUT2D eigenvalue weighted by atomic mass is 19.1. The zero-order valence-corrected chi connectivity index (χ0v) is 8.18. The van der Waals surface area contributed by atoms with Crippen molar-refractivity contribution in [3.63, 3.8) is 0 Å². The van der Waals surface area contributed by atoms with Crippen molar-refractivity contribution in [2.24, 2.45) is 11.8 Å². The standard InChI is InChI=1S/C12H15F/c1-8-4-3-5-10-7-12(13)9(2)6-11(8)10/h3-4,7,9-10H,5-6H2,1-2H3. The Morgan fingerprint density at radius 3 is 3.00 bits per heavy atom. The van der Waals surface area contributed by atoms with Crippen LogP contribution < -0.4 is 0 Å². The molecule has 0 N–H and O–H groups in total. The molecule has 0 aromatic carbocycles. The van der Waals surface area contributed by atoms with Crippen LogP contribution in [0.15, 0.2) is 35.2 Å². The molecule has 0 spiro atoms. The number of hydrogen-bond donors (Lipinski definition) is 0. The third-order valence-corrected chi connectivity index (χ3v) is 3.07. The lowest BCUT2D eigenvalue weighted by Crippen LogP contribution is -2.15. The van der Waals surface area contributed by atoms with E-state index in [0.29, 0.717) is 5.92 Å². The van der Waals surface area contributed by atoms with Gasteiger partial charge in [-0.1, -0.05) is 30.2 Å². The third-order valence-electron chi connectivity index (χ3n) is 3.07. The van der Waals surface area contributed by atoms with Gasteiger partial charge in [0.2, 0.25) is 0 Å². The highest BCUT2D eigenvalue weighted by molar-refractivity contribution is 5.36. The van der Waals surface area contributed by atoms with Crippen LogP contribution in [0.25, 0.3) is 0 Å². The molecule has 2 unspecified atom stereocenters. The van der Waals surface area contributed by atoms with Gasteiger partial charge in [-0.15, -0.1) is 0 Å². The number of allylic oxidation sites excluding steroid dienone is 6. The van der Waals surface area contributed by atoms with Gasteiger partial charge in [0.25, 0.3) is 0 Å². The summed E-state index contributed by atoms with van der Waals surface area (Å²) >= 11 is 0. The van der Waals surface area contributed by atoms with Crippen LogP contribution in [0.2, 0.25) is 0 Å². The molecule has 13 heavy (non-hydrogen) atoms. The van der Waals surface area contributed by atoms with Gasteiger partial charge < -0.3 is 0 Å². The summed E-state index contributed by atoms with van der Waals surface area (Å²) in [5, 5.41) is 0. The van der Waals surface area contributed by atoms with E-state index in [1.54, 1.807) is 6.08 Å². The van der Waals surface area contributed by atoms with Gasteiger partial charge in [0.05, 0.1) is 5.83 Å². The van der Waals surface area contributed by atoms with E-state index in [1.807, 2.05) is 6.92 Å². The minimum absolute atomic E-state index is 0.0804. The van der Waals surface area contributed by atoms with E-state index >= 15 is 0 Å². The van der Waals surface area contributed by atoms with Gasteiger partial charge in [-0.2, -0.15) is 0 Å². The van der Waals surface area contributed by atoms with Crippen molar-refractivity contribution < 1.29 is 4.39 Å². The minimum atomic E-state index is 0.0804. The fraction of sp³-hybridized carbons (Fsp3) is 0.500. The van der Waals surface area contributed by atoms with Crippen molar-refractivity contribution in [3.8, 4) is 0 Å². The highest BCUT2D eigenvalue weighted by Crippen LogP contribution is 2.38. The Morgan fingerprint density at radius 1 is 1.46 bits per heavy atom. The third kappa shape index (κ3) is 1.48. The molecule has 0 saturated carbocycles. The van der Waals surface area contributed by atoms with Crippen LogP contribution in [0.3, 0.4) is 0 Å². The predicted molar refractivity (Wildman–Crippen MR) is 52.9 cm³/mol. The topological polar surface area (TPSA) is 0 Å². The lowest BCUT2D eigenvalue weighted by molar-refractivity contribution is 0.439. The Labute approximate surface area is 78.8 Å². The Bertz CT molecular complexity index is 307. The van der Waals surface area contributed by atoms with Crippen molar-refractivity contribution >= 4 is 0 Å². The van der Waals surface area contributed by atoms with E-state index in [-0.39, 0.29) is 11.7 Å². The van der Waals surface area contributed by atoms with Crippen molar-refractivity contribution in [1.82, 2.24) is 0 Å². The number of fused-ring (bicyclic) bond motifs is 1. The van der Waals surface area contributed by atoms with E-state index < -0.39 is 0 Å². The second kappa shape index (κ2) is 3.13. The summed E-state index contributed by atoms with van der Waals surface area (Å²) in [6.45, 7) is 4.09. The Hall–Kier alpha value is -0.850. The molecule has 0 amide bonds. The molecule has 2 rings (SSSR count). The van der Waals surface area contributed by atoms with Crippen molar-refractivity contribution in [2.75, 3.05) is 0 Å². The molecular weight excluding hydrogens is 163 g/mol. The normalized spacial score (nSPS) is 33.0. The average Bonchev–Trinajstić information content (AvgIpc) is 2.09. The summed E-state index contributed by atoms with van der Waals surface area (Å²) in [6.07, 6.45) is 7.99. The fourth-order valence-corrected chi connectivity index (χ4v) is 2.20. The first-order valence-electron chi connectivity index (χ1n) is 4.92. The first-order chi connectivity index (χ1) is 6.18. The SMILES string of the molecule is CC1=C2CC(C)C(F)=CC2CC=C1. The largest absolute Gasteiger partial charge is 0.212 e. The van der Waals surface area contributed by atoms with E-state index in [2.05, 4.69) is 19.1 Å². The lowest BCUT2D eigenvalue weighted by Gasteiger charge is -2.28. The van der Waals surface area contributed by atoms with Crippen LogP contribution >= 0.6 is 0 Å². The average molecular weight is 178 g/mol. The lowest BCUT2D eigenvalue weighted by atomic mass is 9.77. The molecule has 0 radical (unpaired) electrons. The minimum Gasteiger partial charge on any atom is -0.212 e. The first kappa shape index (κ1) is 8.74. The highest BCUT2D eigenvalue weighted by Gasteiger charge is 2.25. The van der Waals surface area contributed by atoms with Gasteiger partial charge in [-0.3, -0.25) is 0 Å². The molecule has 1 heteroatoms. The van der Waals surface area contributed by atoms with E-state index in [4.69, 9.17) is 0 Å². The molecule has 0 bridgehead atoms. The molecule has 2 aliphatic rings. The van der Waals surface area contributed by atoms with Crippen LogP contribution in [0, 0.1) is 11.8 Å². The van der Waals surface area contributed by atoms with Gasteiger partial charge >= 0.3 is 0 Å². The molecule has 0 aliphatic heterocycles. The monoisotopic (exact) mass is 178 g/mol. The molecule has 2 atom stereocenters. The molecule has 0 fully saturated rings. The molecule has 0 heterocycles. The quantitative estimate of drug-likeness (QED) is 0.529. The van der Waals surface area contributed by atoms with Crippen LogP contribution in [0.4, 0.5) is 4.39 Å². The Balaban J connectivity index is 2.37. The van der Waals surface area contributed by atoms with Crippen LogP contribution in [0.5, 0.6) is 0 Å². The van der Waals surface area contributed by atoms with E-state index in [0.717, 1.165) is 12.8 Å². The number of halogens is 1. The summed E-state index contributed by atoms with van der Waals surface area (Å²) in [5.41, 5.74) is 2.78. The Kier molecular flexibility index (Phi) is 2.10. The maximum Gasteiger partial charge on any atom is 0.0997 e. The first-order valence-corrected chi connectivity index (χ1v) is 4.92. The van der Waals surface area contributed by atoms with Gasteiger partial charge in [-0.05, 0) is 25.8 Å². The summed E-state index contributed by atoms with van der Waals surface area (Å²) in [5.74, 6) is 0.519. The van der Waals surface area contributed by atoms with Gasteiger partial charge in [0.15, 0.2) is 0 Å². The van der Waals surface area contributed by atoms with Crippen molar-refractivity contribution in [2.45, 2.75) is 26.7 Å². The van der Waals surface area contributed by atoms with Gasteiger partial charge in [-0.25, -0.2) is 4.39 Å². The molecular formula is C12H15F. The van der Waals surface area contributed by atoms with Gasteiger partial charge in [0, 0.05) is 11.8 Å². The molecule has 0 nitrogen and oxygen atoms in total. The molecule has 0 aromatic rings. The number of hydrogen-bond acceptors (Lipinski definition) is 0. The molecule has 0 saturated heterocycles. The Morgan fingerprint density at radius 2 is 2.23 bits per heavy atom. The second-order valence-corrected chi connectivity index (χ2v) is 4.11. The van der Waals surface area contributed by atoms with Crippen LogP contribution in [-0.2, 0) is 0 Å². The maximum absolute atomic E-state index is 13.3. The predicted octanol–water partition coefficient (Wildman–Crippen LogP) is 3.77. The summed E-state index contributed by atoms with van der Waals surface area (Å²) < 4.78 is 13.3. The van der Waals surface area contributed by atoms with Crippen molar-refractivity contribution in [1.29, 1.82) is 0 Å². The zero-order chi connectivity index (χ0) is 9.42. The summed E-state index contributed by atoms with van der Waals surface area (Å²) in [7, 11) is 0. The number of rotatable bonds is 0. The van der Waals surface area contributed by atoms with Crippen LogP contribution in [0.1, 0.15) is 26.7 Å². The molecule has 0 aromatic heterocycles. The fourth-order valence-electron chi connectivity index (χ4n) is 2.20. The molecule has 2 aliphatic carbocycles. The van der Waals surface area contributed by atoms with Crippen LogP contribution in [-0.4, -0.2) is 0 Å². The van der Waals surface area contributed by atoms with Gasteiger partial charge in [0.1, 0.15) is 0 Å².